The Balaban J connectivity index is 1.82. The molecular formula is C17H27NO2. The zero-order valence-electron chi connectivity index (χ0n) is 12.7. The van der Waals surface area contributed by atoms with Gasteiger partial charge in [-0.05, 0) is 51.1 Å². The highest BCUT2D eigenvalue weighted by Crippen LogP contribution is 2.23. The van der Waals surface area contributed by atoms with Crippen LogP contribution in [0.5, 0.6) is 0 Å². The van der Waals surface area contributed by atoms with Gasteiger partial charge in [-0.1, -0.05) is 29.3 Å². The molecule has 3 nitrogen and oxygen atoms in total. The molecule has 1 saturated heterocycles. The highest BCUT2D eigenvalue weighted by Gasteiger charge is 2.22. The fourth-order valence-corrected chi connectivity index (χ4v) is 3.21. The Morgan fingerprint density at radius 2 is 1.95 bits per heavy atom. The smallest absolute Gasteiger partial charge is 0.0802 e. The minimum absolute atomic E-state index is 0.295. The molecule has 0 radical (unpaired) electrons. The molecule has 0 spiro atoms. The molecule has 1 heterocycles. The standard InChI is InChI=1S/C17H27NO2/c1-13-9-14(2)11-16(10-13)17(20)4-7-18-6-3-15(12-18)5-8-19/h9-11,15,17,19-20H,3-8,12H2,1-2H3. The topological polar surface area (TPSA) is 43.7 Å². The summed E-state index contributed by atoms with van der Waals surface area (Å²) in [4.78, 5) is 2.41. The van der Waals surface area contributed by atoms with Crippen molar-refractivity contribution in [3.8, 4) is 0 Å². The second-order valence-electron chi connectivity index (χ2n) is 6.19. The van der Waals surface area contributed by atoms with Crippen molar-refractivity contribution in [2.24, 2.45) is 5.92 Å². The lowest BCUT2D eigenvalue weighted by molar-refractivity contribution is 0.147. The zero-order valence-corrected chi connectivity index (χ0v) is 12.7. The van der Waals surface area contributed by atoms with E-state index in [0.29, 0.717) is 12.5 Å². The van der Waals surface area contributed by atoms with Crippen molar-refractivity contribution < 1.29 is 10.2 Å². The first-order chi connectivity index (χ1) is 9.58. The number of nitrogens with zero attached hydrogens (tertiary/aromatic N) is 1. The summed E-state index contributed by atoms with van der Waals surface area (Å²) < 4.78 is 0. The average Bonchev–Trinajstić information content (AvgIpc) is 2.83. The molecule has 20 heavy (non-hydrogen) atoms. The summed E-state index contributed by atoms with van der Waals surface area (Å²) in [5.41, 5.74) is 3.46. The van der Waals surface area contributed by atoms with E-state index in [2.05, 4.69) is 36.9 Å². The van der Waals surface area contributed by atoms with Crippen LogP contribution in [0.25, 0.3) is 0 Å². The van der Waals surface area contributed by atoms with Gasteiger partial charge in [-0.3, -0.25) is 0 Å². The fraction of sp³-hybridized carbons (Fsp3) is 0.647. The molecule has 0 aliphatic carbocycles. The van der Waals surface area contributed by atoms with E-state index in [9.17, 15) is 5.11 Å². The molecule has 3 heteroatoms. The first-order valence-electron chi connectivity index (χ1n) is 7.68. The van der Waals surface area contributed by atoms with Gasteiger partial charge >= 0.3 is 0 Å². The minimum Gasteiger partial charge on any atom is -0.396 e. The van der Waals surface area contributed by atoms with E-state index in [0.717, 1.165) is 38.0 Å². The largest absolute Gasteiger partial charge is 0.396 e. The van der Waals surface area contributed by atoms with E-state index in [1.165, 1.54) is 17.5 Å². The summed E-state index contributed by atoms with van der Waals surface area (Å²) in [7, 11) is 0. The van der Waals surface area contributed by atoms with E-state index >= 15 is 0 Å². The molecule has 1 aromatic rings. The van der Waals surface area contributed by atoms with Crippen LogP contribution in [0.2, 0.25) is 0 Å². The van der Waals surface area contributed by atoms with Crippen molar-refractivity contribution in [2.75, 3.05) is 26.2 Å². The maximum atomic E-state index is 10.3. The van der Waals surface area contributed by atoms with Gasteiger partial charge in [0.1, 0.15) is 0 Å². The van der Waals surface area contributed by atoms with Crippen LogP contribution in [0, 0.1) is 19.8 Å². The monoisotopic (exact) mass is 277 g/mol. The van der Waals surface area contributed by atoms with Crippen LogP contribution in [0.3, 0.4) is 0 Å². The molecular weight excluding hydrogens is 250 g/mol. The van der Waals surface area contributed by atoms with Gasteiger partial charge in [-0.15, -0.1) is 0 Å². The number of likely N-dealkylation sites (tertiary alicyclic amines) is 1. The second-order valence-corrected chi connectivity index (χ2v) is 6.19. The third-order valence-electron chi connectivity index (χ3n) is 4.25. The molecule has 2 rings (SSSR count). The Bertz CT molecular complexity index is 413. The van der Waals surface area contributed by atoms with Crippen LogP contribution in [-0.4, -0.2) is 41.4 Å². The highest BCUT2D eigenvalue weighted by molar-refractivity contribution is 5.29. The van der Waals surface area contributed by atoms with E-state index in [1.807, 2.05) is 0 Å². The third kappa shape index (κ3) is 4.30. The molecule has 2 atom stereocenters. The van der Waals surface area contributed by atoms with E-state index in [1.54, 1.807) is 0 Å². The predicted octanol–water partition coefficient (Wildman–Crippen LogP) is 2.43. The van der Waals surface area contributed by atoms with Gasteiger partial charge in [0.05, 0.1) is 6.10 Å². The number of hydrogen-bond acceptors (Lipinski definition) is 3. The molecule has 0 bridgehead atoms. The summed E-state index contributed by atoms with van der Waals surface area (Å²) in [5, 5.41) is 19.3. The second kappa shape index (κ2) is 7.21. The van der Waals surface area contributed by atoms with Crippen molar-refractivity contribution in [2.45, 2.75) is 39.2 Å². The maximum Gasteiger partial charge on any atom is 0.0802 e. The number of benzene rings is 1. The van der Waals surface area contributed by atoms with Crippen molar-refractivity contribution >= 4 is 0 Å². The summed E-state index contributed by atoms with van der Waals surface area (Å²) >= 11 is 0. The van der Waals surface area contributed by atoms with Crippen LogP contribution < -0.4 is 0 Å². The van der Waals surface area contributed by atoms with Crippen molar-refractivity contribution in [1.29, 1.82) is 0 Å². The SMILES string of the molecule is Cc1cc(C)cc(C(O)CCN2CCC(CCO)C2)c1. The Morgan fingerprint density at radius 3 is 2.60 bits per heavy atom. The Morgan fingerprint density at radius 1 is 1.25 bits per heavy atom. The van der Waals surface area contributed by atoms with Crippen LogP contribution in [0.4, 0.5) is 0 Å². The van der Waals surface area contributed by atoms with E-state index in [4.69, 9.17) is 5.11 Å². The van der Waals surface area contributed by atoms with Gasteiger partial charge in [-0.25, -0.2) is 0 Å². The van der Waals surface area contributed by atoms with Gasteiger partial charge < -0.3 is 15.1 Å². The van der Waals surface area contributed by atoms with E-state index < -0.39 is 0 Å². The lowest BCUT2D eigenvalue weighted by atomic mass is 10.0. The molecule has 112 valence electrons. The summed E-state index contributed by atoms with van der Waals surface area (Å²) in [6.07, 6.45) is 2.51. The van der Waals surface area contributed by atoms with Gasteiger partial charge in [0.25, 0.3) is 0 Å². The minimum atomic E-state index is -0.370. The third-order valence-corrected chi connectivity index (χ3v) is 4.25. The molecule has 2 unspecified atom stereocenters. The zero-order chi connectivity index (χ0) is 14.5. The maximum absolute atomic E-state index is 10.3. The van der Waals surface area contributed by atoms with Crippen LogP contribution in [0.1, 0.15) is 42.1 Å². The summed E-state index contributed by atoms with van der Waals surface area (Å²) in [5.74, 6) is 0.637. The molecule has 1 aliphatic heterocycles. The first kappa shape index (κ1) is 15.5. The Kier molecular flexibility index (Phi) is 5.58. The predicted molar refractivity (Wildman–Crippen MR) is 81.7 cm³/mol. The number of aryl methyl sites for hydroxylation is 2. The van der Waals surface area contributed by atoms with E-state index in [-0.39, 0.29) is 6.10 Å². The quantitative estimate of drug-likeness (QED) is 0.839. The molecule has 1 fully saturated rings. The molecule has 0 aromatic heterocycles. The van der Waals surface area contributed by atoms with Gasteiger partial charge in [0.15, 0.2) is 0 Å². The number of hydrogen-bond donors (Lipinski definition) is 2. The Hall–Kier alpha value is -0.900. The number of aliphatic hydroxyl groups excluding tert-OH is 2. The highest BCUT2D eigenvalue weighted by atomic mass is 16.3. The van der Waals surface area contributed by atoms with Gasteiger partial charge in [0, 0.05) is 19.7 Å². The number of rotatable bonds is 6. The first-order valence-corrected chi connectivity index (χ1v) is 7.68. The van der Waals surface area contributed by atoms with Crippen molar-refractivity contribution in [3.63, 3.8) is 0 Å². The average molecular weight is 277 g/mol. The molecule has 1 aromatic carbocycles. The van der Waals surface area contributed by atoms with Gasteiger partial charge in [0.2, 0.25) is 0 Å². The lowest BCUT2D eigenvalue weighted by Crippen LogP contribution is -2.23. The molecule has 0 amide bonds. The fourth-order valence-electron chi connectivity index (χ4n) is 3.21. The molecule has 0 saturated carbocycles. The number of aliphatic hydroxyl groups is 2. The van der Waals surface area contributed by atoms with Crippen LogP contribution in [-0.2, 0) is 0 Å². The Labute approximate surface area is 122 Å². The van der Waals surface area contributed by atoms with Crippen LogP contribution in [0.15, 0.2) is 18.2 Å². The lowest BCUT2D eigenvalue weighted by Gasteiger charge is -2.19. The summed E-state index contributed by atoms with van der Waals surface area (Å²) in [6, 6.07) is 6.29. The van der Waals surface area contributed by atoms with Gasteiger partial charge in [-0.2, -0.15) is 0 Å². The van der Waals surface area contributed by atoms with Crippen molar-refractivity contribution in [3.05, 3.63) is 34.9 Å². The summed E-state index contributed by atoms with van der Waals surface area (Å²) in [6.45, 7) is 7.55. The molecule has 1 aliphatic rings. The normalized spacial score (nSPS) is 21.3. The molecule has 2 N–H and O–H groups in total. The van der Waals surface area contributed by atoms with Crippen molar-refractivity contribution in [1.82, 2.24) is 4.90 Å². The van der Waals surface area contributed by atoms with Crippen LogP contribution >= 0.6 is 0 Å².